The molecule has 1 aromatic heterocycles. The Bertz CT molecular complexity index is 549. The zero-order chi connectivity index (χ0) is 17.0. The maximum atomic E-state index is 10.9. The molecule has 3 N–H and O–H groups in total. The first kappa shape index (κ1) is 23.1. The van der Waals surface area contributed by atoms with Crippen LogP contribution in [0, 0.1) is 0 Å². The molecular weight excluding hydrogens is 447 g/mol. The van der Waals surface area contributed by atoms with Crippen molar-refractivity contribution in [3.63, 3.8) is 0 Å². The summed E-state index contributed by atoms with van der Waals surface area (Å²) in [6.07, 6.45) is 4.30. The second-order valence-corrected chi connectivity index (χ2v) is 6.76. The van der Waals surface area contributed by atoms with E-state index in [0.29, 0.717) is 38.7 Å². The quantitative estimate of drug-likeness (QED) is 0.191. The van der Waals surface area contributed by atoms with Crippen molar-refractivity contribution in [3.8, 4) is 0 Å². The van der Waals surface area contributed by atoms with Crippen LogP contribution in [-0.4, -0.2) is 53.9 Å². The summed E-state index contributed by atoms with van der Waals surface area (Å²) in [7, 11) is -1.42. The molecular formula is C14H27IN4O4S. The van der Waals surface area contributed by atoms with E-state index in [2.05, 4.69) is 20.3 Å². The van der Waals surface area contributed by atoms with Gasteiger partial charge in [0.05, 0.1) is 12.5 Å². The molecule has 0 spiro atoms. The van der Waals surface area contributed by atoms with Crippen LogP contribution in [0.25, 0.3) is 0 Å². The highest BCUT2D eigenvalue weighted by molar-refractivity contribution is 14.0. The number of hydrogen-bond acceptors (Lipinski definition) is 5. The Morgan fingerprint density at radius 1 is 1.25 bits per heavy atom. The third-order valence-electron chi connectivity index (χ3n) is 2.82. The molecule has 1 heterocycles. The third-order valence-corrected chi connectivity index (χ3v) is 3.54. The minimum Gasteiger partial charge on any atom is -0.467 e. The van der Waals surface area contributed by atoms with Crippen molar-refractivity contribution in [1.29, 1.82) is 0 Å². The number of halogens is 1. The number of furan rings is 1. The van der Waals surface area contributed by atoms with Crippen LogP contribution in [0.1, 0.15) is 18.6 Å². The highest BCUT2D eigenvalue weighted by Gasteiger charge is 2.00. The van der Waals surface area contributed by atoms with E-state index in [0.717, 1.165) is 25.0 Å². The van der Waals surface area contributed by atoms with Crippen LogP contribution < -0.4 is 15.4 Å². The van der Waals surface area contributed by atoms with Gasteiger partial charge in [0.15, 0.2) is 5.96 Å². The smallest absolute Gasteiger partial charge is 0.208 e. The van der Waals surface area contributed by atoms with Crippen LogP contribution >= 0.6 is 24.0 Å². The second-order valence-electron chi connectivity index (χ2n) is 4.93. The minimum absolute atomic E-state index is 0. The monoisotopic (exact) mass is 474 g/mol. The zero-order valence-electron chi connectivity index (χ0n) is 14.1. The standard InChI is InChI=1S/C14H26N4O4S.HI/c1-15-14(16-7-4-9-18-23(2,19)20)17-8-5-10-21-12-13-6-3-11-22-13;/h3,6,11,18H,4-5,7-10,12H2,1-2H3,(H2,15,16,17);1H. The van der Waals surface area contributed by atoms with Gasteiger partial charge in [-0.25, -0.2) is 13.1 Å². The van der Waals surface area contributed by atoms with Crippen molar-refractivity contribution < 1.29 is 17.6 Å². The van der Waals surface area contributed by atoms with E-state index in [-0.39, 0.29) is 24.0 Å². The van der Waals surface area contributed by atoms with E-state index >= 15 is 0 Å². The Kier molecular flexibility index (Phi) is 13.0. The molecule has 0 fully saturated rings. The summed E-state index contributed by atoms with van der Waals surface area (Å²) in [6, 6.07) is 3.71. The van der Waals surface area contributed by atoms with E-state index in [1.807, 2.05) is 12.1 Å². The Morgan fingerprint density at radius 2 is 1.96 bits per heavy atom. The number of aliphatic imine (C=N–C) groups is 1. The average Bonchev–Trinajstić information content (AvgIpc) is 3.00. The lowest BCUT2D eigenvalue weighted by Crippen LogP contribution is -2.39. The molecule has 0 unspecified atom stereocenters. The van der Waals surface area contributed by atoms with E-state index in [1.54, 1.807) is 13.3 Å². The Morgan fingerprint density at radius 3 is 2.54 bits per heavy atom. The predicted octanol–water partition coefficient (Wildman–Crippen LogP) is 0.909. The SMILES string of the molecule is CN=C(NCCCNS(C)(=O)=O)NCCCOCc1ccco1.I. The molecule has 0 amide bonds. The number of nitrogens with zero attached hydrogens (tertiary/aromatic N) is 1. The lowest BCUT2D eigenvalue weighted by Gasteiger charge is -2.11. The van der Waals surface area contributed by atoms with Crippen LogP contribution in [0.15, 0.2) is 27.8 Å². The van der Waals surface area contributed by atoms with Gasteiger partial charge < -0.3 is 19.8 Å². The van der Waals surface area contributed by atoms with Gasteiger partial charge in [0.1, 0.15) is 12.4 Å². The largest absolute Gasteiger partial charge is 0.467 e. The van der Waals surface area contributed by atoms with Crippen molar-refractivity contribution in [3.05, 3.63) is 24.2 Å². The number of nitrogens with one attached hydrogen (secondary N) is 3. The van der Waals surface area contributed by atoms with Crippen LogP contribution in [0.4, 0.5) is 0 Å². The summed E-state index contributed by atoms with van der Waals surface area (Å²) in [4.78, 5) is 4.09. The first-order valence-electron chi connectivity index (χ1n) is 7.50. The lowest BCUT2D eigenvalue weighted by molar-refractivity contribution is 0.105. The van der Waals surface area contributed by atoms with E-state index in [9.17, 15) is 8.42 Å². The Labute approximate surface area is 160 Å². The normalized spacial score (nSPS) is 11.8. The van der Waals surface area contributed by atoms with Gasteiger partial charge in [0, 0.05) is 33.3 Å². The minimum atomic E-state index is -3.11. The fourth-order valence-corrected chi connectivity index (χ4v) is 2.24. The van der Waals surface area contributed by atoms with E-state index < -0.39 is 10.0 Å². The van der Waals surface area contributed by atoms with Crippen molar-refractivity contribution >= 4 is 40.0 Å². The highest BCUT2D eigenvalue weighted by Crippen LogP contribution is 2.01. The summed E-state index contributed by atoms with van der Waals surface area (Å²) in [5.41, 5.74) is 0. The van der Waals surface area contributed by atoms with Gasteiger partial charge in [-0.2, -0.15) is 0 Å². The number of guanidine groups is 1. The van der Waals surface area contributed by atoms with Gasteiger partial charge in [0.2, 0.25) is 10.0 Å². The molecule has 24 heavy (non-hydrogen) atoms. The molecule has 0 aliphatic carbocycles. The van der Waals surface area contributed by atoms with Crippen LogP contribution in [0.3, 0.4) is 0 Å². The molecule has 10 heteroatoms. The van der Waals surface area contributed by atoms with Gasteiger partial charge in [-0.15, -0.1) is 24.0 Å². The van der Waals surface area contributed by atoms with Gasteiger partial charge in [-0.05, 0) is 25.0 Å². The number of ether oxygens (including phenoxy) is 1. The molecule has 8 nitrogen and oxygen atoms in total. The van der Waals surface area contributed by atoms with Crippen molar-refractivity contribution in [1.82, 2.24) is 15.4 Å². The molecule has 140 valence electrons. The average molecular weight is 474 g/mol. The molecule has 0 bridgehead atoms. The Hall–Kier alpha value is -0.850. The lowest BCUT2D eigenvalue weighted by atomic mass is 10.4. The number of sulfonamides is 1. The molecule has 1 rings (SSSR count). The molecule has 0 saturated heterocycles. The van der Waals surface area contributed by atoms with Crippen molar-refractivity contribution in [2.75, 3.05) is 39.5 Å². The molecule has 1 aromatic rings. The maximum Gasteiger partial charge on any atom is 0.208 e. The van der Waals surface area contributed by atoms with Gasteiger partial charge in [-0.3, -0.25) is 4.99 Å². The third kappa shape index (κ3) is 12.6. The molecule has 0 atom stereocenters. The number of rotatable bonds is 11. The molecule has 0 radical (unpaired) electrons. The predicted molar refractivity (Wildman–Crippen MR) is 105 cm³/mol. The fraction of sp³-hybridized carbons (Fsp3) is 0.643. The Balaban J connectivity index is 0.00000529. The summed E-state index contributed by atoms with van der Waals surface area (Å²) < 4.78 is 34.9. The zero-order valence-corrected chi connectivity index (χ0v) is 17.2. The fourth-order valence-electron chi connectivity index (χ4n) is 1.72. The first-order chi connectivity index (χ1) is 11.0. The highest BCUT2D eigenvalue weighted by atomic mass is 127. The van der Waals surface area contributed by atoms with Gasteiger partial charge in [-0.1, -0.05) is 0 Å². The van der Waals surface area contributed by atoms with Crippen LogP contribution in [0.5, 0.6) is 0 Å². The summed E-state index contributed by atoms with van der Waals surface area (Å²) >= 11 is 0. The van der Waals surface area contributed by atoms with E-state index in [4.69, 9.17) is 9.15 Å². The molecule has 0 aliphatic heterocycles. The summed E-state index contributed by atoms with van der Waals surface area (Å²) in [6.45, 7) is 2.89. The van der Waals surface area contributed by atoms with E-state index in [1.165, 1.54) is 0 Å². The molecule has 0 aliphatic rings. The topological polar surface area (TPSA) is 105 Å². The summed E-state index contributed by atoms with van der Waals surface area (Å²) in [5.74, 6) is 1.51. The van der Waals surface area contributed by atoms with Gasteiger partial charge in [0.25, 0.3) is 0 Å². The van der Waals surface area contributed by atoms with Crippen LogP contribution in [-0.2, 0) is 21.4 Å². The summed E-state index contributed by atoms with van der Waals surface area (Å²) in [5, 5.41) is 6.28. The maximum absolute atomic E-state index is 10.9. The van der Waals surface area contributed by atoms with Crippen molar-refractivity contribution in [2.24, 2.45) is 4.99 Å². The second kappa shape index (κ2) is 13.4. The molecule has 0 aromatic carbocycles. The van der Waals surface area contributed by atoms with Crippen molar-refractivity contribution in [2.45, 2.75) is 19.4 Å². The van der Waals surface area contributed by atoms with Gasteiger partial charge >= 0.3 is 0 Å². The van der Waals surface area contributed by atoms with Crippen LogP contribution in [0.2, 0.25) is 0 Å². The molecule has 0 saturated carbocycles. The number of hydrogen-bond donors (Lipinski definition) is 3. The first-order valence-corrected chi connectivity index (χ1v) is 9.39.